The Balaban J connectivity index is 1.03. The van der Waals surface area contributed by atoms with Gasteiger partial charge in [-0.05, 0) is 108 Å². The highest BCUT2D eigenvalue weighted by molar-refractivity contribution is 7.09. The number of carbonyl (C=O) groups excluding carboxylic acids is 10. The second-order valence-corrected chi connectivity index (χ2v) is 38.2. The van der Waals surface area contributed by atoms with Crippen LogP contribution in [0.4, 0.5) is 10.5 Å². The normalized spacial score (nSPS) is 19.1. The third-order valence-corrected chi connectivity index (χ3v) is 24.9. The lowest BCUT2D eigenvalue weighted by Crippen LogP contribution is -2.63. The van der Waals surface area contributed by atoms with Crippen LogP contribution in [-0.2, 0) is 132 Å². The van der Waals surface area contributed by atoms with Crippen LogP contribution in [0.5, 0.6) is 5.75 Å². The van der Waals surface area contributed by atoms with Crippen LogP contribution in [0.15, 0.2) is 78.2 Å². The summed E-state index contributed by atoms with van der Waals surface area (Å²) in [5, 5.41) is 73.9. The highest BCUT2D eigenvalue weighted by Gasteiger charge is 2.50. The van der Waals surface area contributed by atoms with E-state index in [9.17, 15) is 73.5 Å². The molecule has 1 unspecified atom stereocenters. The number of benzene rings is 2. The van der Waals surface area contributed by atoms with E-state index in [0.717, 1.165) is 17.7 Å². The van der Waals surface area contributed by atoms with Crippen LogP contribution in [0.2, 0.25) is 0 Å². The van der Waals surface area contributed by atoms with E-state index in [1.807, 2.05) is 72.0 Å². The molecule has 15 atom stereocenters. The van der Waals surface area contributed by atoms with Gasteiger partial charge < -0.3 is 148 Å². The summed E-state index contributed by atoms with van der Waals surface area (Å²) < 4.78 is 89.0. The molecule has 0 aliphatic carbocycles. The molecule has 10 amide bonds. The molecule has 3 aliphatic heterocycles. The molecule has 0 saturated carbocycles. The highest BCUT2D eigenvalue weighted by Crippen LogP contribution is 2.36. The fraction of sp³-hybridized carbons (Fsp3) is 0.690. The number of anilines is 1. The van der Waals surface area contributed by atoms with Crippen LogP contribution >= 0.6 is 11.3 Å². The van der Waals surface area contributed by atoms with Crippen molar-refractivity contribution in [1.82, 2.24) is 46.7 Å². The number of carboxylic acid groups (broad SMARTS) is 2. The van der Waals surface area contributed by atoms with Gasteiger partial charge in [0.1, 0.15) is 71.1 Å². The minimum atomic E-state index is -2.09. The molecule has 44 nitrogen and oxygen atoms in total. The van der Waals surface area contributed by atoms with Gasteiger partial charge in [0.25, 0.3) is 23.6 Å². The maximum absolute atomic E-state index is 15.3. The zero-order valence-corrected chi connectivity index (χ0v) is 86.9. The van der Waals surface area contributed by atoms with E-state index in [2.05, 4.69) is 43.8 Å². The van der Waals surface area contributed by atoms with Gasteiger partial charge in [-0.3, -0.25) is 52.8 Å². The van der Waals surface area contributed by atoms with Crippen LogP contribution in [0.3, 0.4) is 0 Å². The molecule has 3 aliphatic rings. The van der Waals surface area contributed by atoms with Crippen LogP contribution in [-0.4, -0.2) is 395 Å². The van der Waals surface area contributed by atoms with E-state index in [4.69, 9.17) is 80.8 Å². The number of likely N-dealkylation sites (N-methyl/N-ethyl adjacent to an activating group) is 2. The van der Waals surface area contributed by atoms with Crippen LogP contribution < -0.4 is 42.0 Å². The highest BCUT2D eigenvalue weighted by atomic mass is 32.1. The minimum Gasteiger partial charge on any atom is -0.481 e. The monoisotopic (exact) mass is 2070 g/mol. The maximum Gasteiger partial charge on any atom is 0.407 e. The average molecular weight is 2070 g/mol. The number of hydrogen-bond donors (Lipinski definition) is 12. The summed E-state index contributed by atoms with van der Waals surface area (Å²) in [5.74, 6) is -10.3. The summed E-state index contributed by atoms with van der Waals surface area (Å²) >= 11 is 1.21. The number of nitrogens with zero attached hydrogens (tertiary/aromatic N) is 4. The van der Waals surface area contributed by atoms with Crippen LogP contribution in [0, 0.1) is 17.8 Å². The van der Waals surface area contributed by atoms with Crippen molar-refractivity contribution in [2.75, 3.05) is 211 Å². The van der Waals surface area contributed by atoms with Crippen molar-refractivity contribution in [1.29, 1.82) is 0 Å². The Hall–Kier alpha value is -9.73. The number of aliphatic hydroxyl groups excluding tert-OH is 3. The first-order valence-electron chi connectivity index (χ1n) is 49.8. The van der Waals surface area contributed by atoms with Gasteiger partial charge in [0.05, 0.1) is 190 Å². The Bertz CT molecular complexity index is 4440. The number of carbonyl (C=O) groups is 12. The molecular formula is C100H158N11O33S+. The molecule has 3 aromatic rings. The Morgan fingerprint density at radius 3 is 1.73 bits per heavy atom. The van der Waals surface area contributed by atoms with Gasteiger partial charge in [-0.25, -0.2) is 14.6 Å². The quantitative estimate of drug-likeness (QED) is 0.0162. The van der Waals surface area contributed by atoms with E-state index < -0.39 is 163 Å². The van der Waals surface area contributed by atoms with E-state index in [1.54, 1.807) is 58.2 Å². The number of quaternary nitrogens is 1. The van der Waals surface area contributed by atoms with Gasteiger partial charge >= 0.3 is 18.0 Å². The lowest BCUT2D eigenvalue weighted by Gasteiger charge is -2.44. The molecule has 2 aromatic carbocycles. The Labute approximate surface area is 853 Å². The number of piperidine rings is 1. The van der Waals surface area contributed by atoms with Gasteiger partial charge in [0, 0.05) is 88.1 Å². The first-order chi connectivity index (χ1) is 69.3. The molecule has 45 heteroatoms. The number of amides is 10. The summed E-state index contributed by atoms with van der Waals surface area (Å²) in [7, 11) is 5.20. The molecule has 145 heavy (non-hydrogen) atoms. The van der Waals surface area contributed by atoms with Gasteiger partial charge in [0.2, 0.25) is 35.8 Å². The van der Waals surface area contributed by atoms with Gasteiger partial charge in [0.15, 0.2) is 12.1 Å². The number of aliphatic carboxylic acids is 2. The molecule has 816 valence electrons. The second kappa shape index (κ2) is 68.0. The van der Waals surface area contributed by atoms with E-state index in [0.29, 0.717) is 192 Å². The summed E-state index contributed by atoms with van der Waals surface area (Å²) in [6.45, 7) is 28.9. The molecular weight excluding hydrogens is 1920 g/mol. The molecule has 0 radical (unpaired) electrons. The smallest absolute Gasteiger partial charge is 0.407 e. The fourth-order valence-corrected chi connectivity index (χ4v) is 16.7. The summed E-state index contributed by atoms with van der Waals surface area (Å²) in [5.41, 5.74) is 1.14. The van der Waals surface area contributed by atoms with Gasteiger partial charge in [-0.1, -0.05) is 83.5 Å². The molecule has 4 heterocycles. The van der Waals surface area contributed by atoms with Crippen molar-refractivity contribution in [3.05, 3.63) is 100 Å². The number of nitrogens with one attached hydrogen (secondary N) is 7. The average Bonchev–Trinajstić information content (AvgIpc) is 1.55. The zero-order chi connectivity index (χ0) is 106. The largest absolute Gasteiger partial charge is 0.481 e. The number of carboxylic acids is 2. The predicted octanol–water partition coefficient (Wildman–Crippen LogP) is 4.36. The molecule has 2 saturated heterocycles. The number of ether oxygens (including phenoxy) is 16. The topological polar surface area (TPSA) is 557 Å². The van der Waals surface area contributed by atoms with E-state index in [-0.39, 0.29) is 123 Å². The minimum absolute atomic E-state index is 0.00166. The number of methoxy groups -OCH3 is 1. The van der Waals surface area contributed by atoms with E-state index >= 15 is 9.59 Å². The predicted molar refractivity (Wildman–Crippen MR) is 529 cm³/mol. The number of rotatable bonds is 76. The third-order valence-electron chi connectivity index (χ3n) is 23.9. The lowest BCUT2D eigenvalue weighted by molar-refractivity contribution is -0.942. The number of likely N-dealkylation sites (tertiary alicyclic amines) is 1. The Morgan fingerprint density at radius 2 is 1.21 bits per heavy atom. The van der Waals surface area contributed by atoms with Crippen LogP contribution in [0.1, 0.15) is 166 Å². The van der Waals surface area contributed by atoms with Gasteiger partial charge in [-0.2, -0.15) is 0 Å². The standard InChI is InChI=1S/C100H157N11O33S/c1-14-68(6)85(95(123)109(11)76(67(4)5)61-80(141-64-66(2)3)94-107-75(65-145-94)91(120)104-72(58-69(7)96(124)125)59-70-22-16-15-17-23-70)108-93(122)78-25-19-21-34-111(78,12)63-71-26-27-79(142-98-88(118)86(116)87(117)89(143-98)97(126)127)74(60-71)105-82(113)30-33-102-90(119)73(106-92(121)77(110-83(114)28-29-84(110)115)62-103-99(128)144-100(8,9)10)24-18-20-32-101-81(112)31-35-130-38-39-132-42-43-134-46-47-136-50-51-138-54-55-140-57-56-139-53-52-137-49-48-135-45-44-133-41-40-131-37-36-129-13/h15-17,22-23,26-29,60,65,67-69,72-73,76-78,80,85-89,98,116-118H,2,14,18-21,24-25,30-59,61-64H2,1,3-13H3,(H8-,101,102,103,104,105,106,108,112,113,119,120,121,122,124,125,126,127,128)/p+1/t68-,69-,72+,73-,76+,77-,78+,80+,85-,86-,87-,88+,89-,98+,111?/m0/s1. The SMILES string of the molecule is C=C(C)CO[C@H](C[C@H](C(C)C)N(C)C(=O)[C@@H](NC(=O)[C@H]1CCCC[N+]1(C)Cc1ccc(O[C@@H]2O[C@H](C(=O)O)[C@@H](O)[C@H](O)[C@H]2O)c(NC(=O)CCNC(=O)[C@H](CCCCNC(=O)CCOCCOCCOCCOCCOCCOCCOCCOCCOCCOCCOCCOC)NC(=O)[C@H](CNC(=O)OC(C)(C)C)N2C(=O)C=CC2=O)c1)[C@@H](C)CC)c1nc(C(=O)N[C@@H](Cc2ccccc2)C[C@H](C)C(=O)O)cs1. The van der Waals surface area contributed by atoms with Gasteiger partial charge in [-0.15, -0.1) is 11.3 Å². The Morgan fingerprint density at radius 1 is 0.648 bits per heavy atom. The number of unbranched alkanes of at least 4 members (excludes halogenated alkanes) is 1. The number of aliphatic hydroxyl groups is 3. The second-order valence-electron chi connectivity index (χ2n) is 37.3. The number of aromatic nitrogens is 1. The fourth-order valence-electron chi connectivity index (χ4n) is 15.8. The molecule has 12 N–H and O–H groups in total. The van der Waals surface area contributed by atoms with Crippen LogP contribution in [0.25, 0.3) is 0 Å². The Kier molecular flexibility index (Phi) is 58.1. The summed E-state index contributed by atoms with van der Waals surface area (Å²) in [4.78, 5) is 171. The molecule has 0 spiro atoms. The molecule has 0 bridgehead atoms. The van der Waals surface area contributed by atoms with Crippen molar-refractivity contribution in [3.8, 4) is 5.75 Å². The number of imide groups is 1. The third kappa shape index (κ3) is 46.7. The molecule has 1 aromatic heterocycles. The van der Waals surface area contributed by atoms with Crippen molar-refractivity contribution in [2.45, 2.75) is 225 Å². The maximum atomic E-state index is 15.3. The number of alkyl carbamates (subject to hydrolysis) is 1. The van der Waals surface area contributed by atoms with Crippen molar-refractivity contribution in [3.63, 3.8) is 0 Å². The van der Waals surface area contributed by atoms with Crippen molar-refractivity contribution < 1.29 is 163 Å². The first kappa shape index (κ1) is 124. The first-order valence-corrected chi connectivity index (χ1v) is 50.7. The lowest BCUT2D eigenvalue weighted by atomic mass is 9.92. The summed E-state index contributed by atoms with van der Waals surface area (Å²) in [6, 6.07) is 7.93. The molecule has 2 fully saturated rings. The number of thiazole rings is 1. The number of hydrogen-bond acceptors (Lipinski definition) is 33. The molecule has 6 rings (SSSR count). The summed E-state index contributed by atoms with van der Waals surface area (Å²) in [6.07, 6.45) is -7.30. The van der Waals surface area contributed by atoms with E-state index in [1.165, 1.54) is 23.5 Å². The van der Waals surface area contributed by atoms with Crippen molar-refractivity contribution in [2.24, 2.45) is 17.8 Å². The zero-order valence-electron chi connectivity index (χ0n) is 86.1. The van der Waals surface area contributed by atoms with Crippen molar-refractivity contribution >= 4 is 88.2 Å².